The minimum Gasteiger partial charge on any atom is -0.495 e. The van der Waals surface area contributed by atoms with Crippen LogP contribution in [0.3, 0.4) is 0 Å². The van der Waals surface area contributed by atoms with Crippen LogP contribution >= 0.6 is 0 Å². The Balaban J connectivity index is 1.98. The molecule has 1 unspecified atom stereocenters. The van der Waals surface area contributed by atoms with Crippen molar-refractivity contribution in [2.24, 2.45) is 0 Å². The summed E-state index contributed by atoms with van der Waals surface area (Å²) in [5, 5.41) is 0. The van der Waals surface area contributed by atoms with Gasteiger partial charge in [0.15, 0.2) is 5.78 Å². The molecule has 3 rings (SSSR count). The lowest BCUT2D eigenvalue weighted by molar-refractivity contribution is -0.117. The van der Waals surface area contributed by atoms with Crippen LogP contribution in [-0.4, -0.2) is 25.9 Å². The number of benzene rings is 2. The van der Waals surface area contributed by atoms with Crippen molar-refractivity contribution in [3.05, 3.63) is 65.7 Å². The normalized spacial score (nSPS) is 17.6. The SMILES string of the molecule is COc1ccc(C2CC(=O)C=C(c3ccccc3)O2)cc1S(=O)(=O)O. The van der Waals surface area contributed by atoms with Gasteiger partial charge in [0.2, 0.25) is 0 Å². The molecule has 130 valence electrons. The van der Waals surface area contributed by atoms with Gasteiger partial charge in [-0.1, -0.05) is 36.4 Å². The van der Waals surface area contributed by atoms with E-state index in [9.17, 15) is 17.8 Å². The molecule has 0 saturated carbocycles. The first kappa shape index (κ1) is 17.2. The maximum Gasteiger partial charge on any atom is 0.298 e. The molecular formula is C18H16O6S. The zero-order valence-electron chi connectivity index (χ0n) is 13.4. The standard InChI is InChI=1S/C18H16O6S/c1-23-15-8-7-13(9-18(15)25(20,21)22)17-11-14(19)10-16(24-17)12-5-3-2-4-6-12/h2-10,17H,11H2,1H3,(H,20,21,22). The van der Waals surface area contributed by atoms with Crippen LogP contribution in [0.2, 0.25) is 0 Å². The summed E-state index contributed by atoms with van der Waals surface area (Å²) in [6, 6.07) is 13.5. The summed E-state index contributed by atoms with van der Waals surface area (Å²) in [5.74, 6) is 0.317. The van der Waals surface area contributed by atoms with Gasteiger partial charge in [-0.3, -0.25) is 9.35 Å². The van der Waals surface area contributed by atoms with Crippen molar-refractivity contribution in [2.45, 2.75) is 17.4 Å². The highest BCUT2D eigenvalue weighted by molar-refractivity contribution is 7.86. The number of ether oxygens (including phenoxy) is 2. The first-order valence-electron chi connectivity index (χ1n) is 7.50. The van der Waals surface area contributed by atoms with E-state index in [0.717, 1.165) is 5.56 Å². The number of methoxy groups -OCH3 is 1. The summed E-state index contributed by atoms with van der Waals surface area (Å²) >= 11 is 0. The number of ketones is 1. The van der Waals surface area contributed by atoms with Crippen molar-refractivity contribution < 1.29 is 27.2 Å². The van der Waals surface area contributed by atoms with E-state index in [4.69, 9.17) is 9.47 Å². The molecule has 0 spiro atoms. The highest BCUT2D eigenvalue weighted by atomic mass is 32.2. The molecule has 25 heavy (non-hydrogen) atoms. The minimum absolute atomic E-state index is 0.0206. The molecule has 0 aliphatic carbocycles. The van der Waals surface area contributed by atoms with Gasteiger partial charge in [0.25, 0.3) is 10.1 Å². The lowest BCUT2D eigenvalue weighted by atomic mass is 9.99. The number of carbonyl (C=O) groups is 1. The molecule has 2 aromatic rings. The van der Waals surface area contributed by atoms with Gasteiger partial charge in [-0.2, -0.15) is 8.42 Å². The van der Waals surface area contributed by atoms with Crippen molar-refractivity contribution >= 4 is 21.7 Å². The third-order valence-corrected chi connectivity index (χ3v) is 4.72. The molecule has 1 N–H and O–H groups in total. The molecule has 0 fully saturated rings. The Morgan fingerprint density at radius 2 is 1.88 bits per heavy atom. The summed E-state index contributed by atoms with van der Waals surface area (Å²) in [6.45, 7) is 0. The van der Waals surface area contributed by atoms with Crippen molar-refractivity contribution in [2.75, 3.05) is 7.11 Å². The fourth-order valence-electron chi connectivity index (χ4n) is 2.65. The van der Waals surface area contributed by atoms with E-state index < -0.39 is 16.2 Å². The molecule has 0 saturated heterocycles. The van der Waals surface area contributed by atoms with E-state index in [1.54, 1.807) is 6.07 Å². The molecule has 6 nitrogen and oxygen atoms in total. The zero-order chi connectivity index (χ0) is 18.0. The second-order valence-corrected chi connectivity index (χ2v) is 6.93. The molecule has 7 heteroatoms. The zero-order valence-corrected chi connectivity index (χ0v) is 14.2. The lowest BCUT2D eigenvalue weighted by Crippen LogP contribution is -2.15. The van der Waals surface area contributed by atoms with Gasteiger partial charge in [-0.15, -0.1) is 0 Å². The summed E-state index contributed by atoms with van der Waals surface area (Å²) in [5.41, 5.74) is 1.22. The second kappa shape index (κ2) is 6.70. The maximum atomic E-state index is 12.1. The highest BCUT2D eigenvalue weighted by Gasteiger charge is 2.26. The summed E-state index contributed by atoms with van der Waals surface area (Å²) in [4.78, 5) is 11.7. The van der Waals surface area contributed by atoms with Gasteiger partial charge in [-0.25, -0.2) is 0 Å². The topological polar surface area (TPSA) is 89.9 Å². The van der Waals surface area contributed by atoms with Gasteiger partial charge >= 0.3 is 0 Å². The predicted molar refractivity (Wildman–Crippen MR) is 90.7 cm³/mol. The average Bonchev–Trinajstić information content (AvgIpc) is 2.60. The Bertz CT molecular complexity index is 931. The number of hydrogen-bond donors (Lipinski definition) is 1. The Kier molecular flexibility index (Phi) is 4.61. The fraction of sp³-hybridized carbons (Fsp3) is 0.167. The molecule has 0 radical (unpaired) electrons. The second-order valence-electron chi connectivity index (χ2n) is 5.54. The van der Waals surface area contributed by atoms with Crippen LogP contribution in [0, 0.1) is 0 Å². The first-order valence-corrected chi connectivity index (χ1v) is 8.94. The summed E-state index contributed by atoms with van der Waals surface area (Å²) < 4.78 is 43.3. The van der Waals surface area contributed by atoms with E-state index in [1.165, 1.54) is 25.3 Å². The number of hydrogen-bond acceptors (Lipinski definition) is 5. The molecule has 1 aliphatic heterocycles. The van der Waals surface area contributed by atoms with Gasteiger partial charge in [0.1, 0.15) is 22.5 Å². The fourth-order valence-corrected chi connectivity index (χ4v) is 3.34. The summed E-state index contributed by atoms with van der Waals surface area (Å²) in [6.07, 6.45) is 0.853. The molecule has 0 bridgehead atoms. The van der Waals surface area contributed by atoms with Crippen molar-refractivity contribution in [1.82, 2.24) is 0 Å². The third kappa shape index (κ3) is 3.72. The first-order chi connectivity index (χ1) is 11.9. The highest BCUT2D eigenvalue weighted by Crippen LogP contribution is 2.35. The van der Waals surface area contributed by atoms with Crippen LogP contribution in [0.25, 0.3) is 5.76 Å². The van der Waals surface area contributed by atoms with Gasteiger partial charge in [-0.05, 0) is 17.7 Å². The Morgan fingerprint density at radius 3 is 2.52 bits per heavy atom. The smallest absolute Gasteiger partial charge is 0.298 e. The predicted octanol–water partition coefficient (Wildman–Crippen LogP) is 3.01. The monoisotopic (exact) mass is 360 g/mol. The van der Waals surface area contributed by atoms with E-state index in [2.05, 4.69) is 0 Å². The Labute approximate surface area is 145 Å². The van der Waals surface area contributed by atoms with Gasteiger partial charge in [0.05, 0.1) is 13.5 Å². The number of carbonyl (C=O) groups excluding carboxylic acids is 1. The van der Waals surface area contributed by atoms with Crippen LogP contribution in [0.1, 0.15) is 23.7 Å². The van der Waals surface area contributed by atoms with Crippen LogP contribution in [0.4, 0.5) is 0 Å². The molecule has 1 aliphatic rings. The van der Waals surface area contributed by atoms with Gasteiger partial charge < -0.3 is 9.47 Å². The Morgan fingerprint density at radius 1 is 1.16 bits per heavy atom. The molecule has 0 amide bonds. The Hall–Kier alpha value is -2.64. The van der Waals surface area contributed by atoms with E-state index >= 15 is 0 Å². The molecule has 2 aromatic carbocycles. The van der Waals surface area contributed by atoms with Gasteiger partial charge in [0, 0.05) is 11.6 Å². The maximum absolute atomic E-state index is 12.1. The van der Waals surface area contributed by atoms with E-state index in [-0.39, 0.29) is 22.8 Å². The quantitative estimate of drug-likeness (QED) is 0.843. The molecular weight excluding hydrogens is 344 g/mol. The minimum atomic E-state index is -4.47. The van der Waals surface area contributed by atoms with Crippen LogP contribution in [-0.2, 0) is 19.6 Å². The van der Waals surface area contributed by atoms with Crippen molar-refractivity contribution in [3.8, 4) is 5.75 Å². The largest absolute Gasteiger partial charge is 0.495 e. The van der Waals surface area contributed by atoms with Crippen molar-refractivity contribution in [1.29, 1.82) is 0 Å². The third-order valence-electron chi connectivity index (χ3n) is 3.84. The number of allylic oxidation sites excluding steroid dienone is 1. The molecule has 1 atom stereocenters. The summed E-state index contributed by atoms with van der Waals surface area (Å²) in [7, 11) is -3.16. The van der Waals surface area contributed by atoms with Crippen LogP contribution in [0.5, 0.6) is 5.75 Å². The lowest BCUT2D eigenvalue weighted by Gasteiger charge is -2.25. The van der Waals surface area contributed by atoms with E-state index in [0.29, 0.717) is 11.3 Å². The van der Waals surface area contributed by atoms with Crippen LogP contribution in [0.15, 0.2) is 59.5 Å². The van der Waals surface area contributed by atoms with E-state index in [1.807, 2.05) is 30.3 Å². The number of rotatable bonds is 4. The molecule has 0 aromatic heterocycles. The molecule has 1 heterocycles. The average molecular weight is 360 g/mol. The van der Waals surface area contributed by atoms with Crippen molar-refractivity contribution in [3.63, 3.8) is 0 Å². The van der Waals surface area contributed by atoms with Crippen LogP contribution < -0.4 is 4.74 Å².